The van der Waals surface area contributed by atoms with Crippen molar-refractivity contribution >= 4 is 17.0 Å². The number of nitrogens with zero attached hydrogens (tertiary/aromatic N) is 1. The lowest BCUT2D eigenvalue weighted by molar-refractivity contribution is 0.910. The molecule has 0 amide bonds. The van der Waals surface area contributed by atoms with Crippen molar-refractivity contribution in [3.05, 3.63) is 34.7 Å². The number of nitrogens with two attached hydrogens (primary N) is 1. The Morgan fingerprint density at radius 3 is 2.67 bits per heavy atom. The van der Waals surface area contributed by atoms with Crippen LogP contribution >= 0.6 is 11.3 Å². The zero-order valence-electron chi connectivity index (χ0n) is 8.73. The summed E-state index contributed by atoms with van der Waals surface area (Å²) in [6.07, 6.45) is 2.22. The molecule has 0 saturated heterocycles. The molecule has 0 saturated carbocycles. The number of hydrogen-bond acceptors (Lipinski definition) is 3. The van der Waals surface area contributed by atoms with Crippen LogP contribution in [-0.2, 0) is 6.42 Å². The minimum absolute atomic E-state index is 0.794. The highest BCUT2D eigenvalue weighted by Crippen LogP contribution is 2.23. The Bertz CT molecular complexity index is 431. The van der Waals surface area contributed by atoms with E-state index in [1.54, 1.807) is 11.3 Å². The Hall–Kier alpha value is -1.35. The molecule has 2 N–H and O–H groups in total. The standard InChI is InChI=1S/C12H14N2S/c1-2-3-12-14-11(8-15-12)9-4-6-10(13)7-5-9/h4-8H,2-3,13H2,1H3. The van der Waals surface area contributed by atoms with Crippen LogP contribution in [0.3, 0.4) is 0 Å². The summed E-state index contributed by atoms with van der Waals surface area (Å²) in [5, 5.41) is 3.32. The number of rotatable bonds is 3. The number of hydrogen-bond donors (Lipinski definition) is 1. The average molecular weight is 218 g/mol. The van der Waals surface area contributed by atoms with Gasteiger partial charge in [-0.3, -0.25) is 0 Å². The second kappa shape index (κ2) is 4.45. The molecule has 0 fully saturated rings. The SMILES string of the molecule is CCCc1nc(-c2ccc(N)cc2)cs1. The quantitative estimate of drug-likeness (QED) is 0.802. The minimum Gasteiger partial charge on any atom is -0.399 e. The number of aryl methyl sites for hydroxylation is 1. The van der Waals surface area contributed by atoms with E-state index in [9.17, 15) is 0 Å². The summed E-state index contributed by atoms with van der Waals surface area (Å²) in [5.74, 6) is 0. The van der Waals surface area contributed by atoms with Gasteiger partial charge in [0.25, 0.3) is 0 Å². The molecule has 1 aromatic carbocycles. The van der Waals surface area contributed by atoms with Crippen molar-refractivity contribution in [2.24, 2.45) is 0 Å². The maximum Gasteiger partial charge on any atom is 0.0932 e. The molecule has 2 aromatic rings. The second-order valence-corrected chi connectivity index (χ2v) is 4.44. The zero-order valence-corrected chi connectivity index (χ0v) is 9.55. The second-order valence-electron chi connectivity index (χ2n) is 3.50. The molecule has 3 heteroatoms. The molecule has 2 rings (SSSR count). The maximum atomic E-state index is 5.64. The number of nitrogen functional groups attached to an aromatic ring is 1. The third kappa shape index (κ3) is 2.36. The number of thiazole rings is 1. The lowest BCUT2D eigenvalue weighted by Gasteiger charge is -1.97. The van der Waals surface area contributed by atoms with E-state index in [2.05, 4.69) is 17.3 Å². The fourth-order valence-electron chi connectivity index (χ4n) is 1.43. The third-order valence-electron chi connectivity index (χ3n) is 2.22. The van der Waals surface area contributed by atoms with Gasteiger partial charge in [-0.1, -0.05) is 19.1 Å². The molecule has 1 heterocycles. The molecule has 0 spiro atoms. The van der Waals surface area contributed by atoms with E-state index in [4.69, 9.17) is 5.73 Å². The summed E-state index contributed by atoms with van der Waals surface area (Å²) in [6.45, 7) is 2.17. The molecule has 0 atom stereocenters. The molecule has 0 radical (unpaired) electrons. The fourth-order valence-corrected chi connectivity index (χ4v) is 2.34. The lowest BCUT2D eigenvalue weighted by atomic mass is 10.1. The van der Waals surface area contributed by atoms with E-state index in [0.717, 1.165) is 29.8 Å². The van der Waals surface area contributed by atoms with Gasteiger partial charge in [-0.05, 0) is 25.0 Å². The van der Waals surface area contributed by atoms with Crippen molar-refractivity contribution in [1.29, 1.82) is 0 Å². The van der Waals surface area contributed by atoms with Gasteiger partial charge in [-0.15, -0.1) is 11.3 Å². The molecule has 2 nitrogen and oxygen atoms in total. The molecular formula is C12H14N2S. The van der Waals surface area contributed by atoms with Crippen molar-refractivity contribution < 1.29 is 0 Å². The van der Waals surface area contributed by atoms with E-state index in [-0.39, 0.29) is 0 Å². The number of anilines is 1. The highest BCUT2D eigenvalue weighted by Gasteiger charge is 2.03. The Balaban J connectivity index is 2.25. The molecule has 78 valence electrons. The van der Waals surface area contributed by atoms with Crippen molar-refractivity contribution in [3.63, 3.8) is 0 Å². The monoisotopic (exact) mass is 218 g/mol. The van der Waals surface area contributed by atoms with Gasteiger partial charge >= 0.3 is 0 Å². The van der Waals surface area contributed by atoms with Crippen LogP contribution in [0.15, 0.2) is 29.6 Å². The average Bonchev–Trinajstić information content (AvgIpc) is 2.68. The first-order chi connectivity index (χ1) is 7.29. The predicted molar refractivity (Wildman–Crippen MR) is 66.0 cm³/mol. The predicted octanol–water partition coefficient (Wildman–Crippen LogP) is 3.34. The molecule has 0 aliphatic heterocycles. The maximum absolute atomic E-state index is 5.64. The van der Waals surface area contributed by atoms with E-state index < -0.39 is 0 Å². The van der Waals surface area contributed by atoms with Crippen LogP contribution in [0, 0.1) is 0 Å². The summed E-state index contributed by atoms with van der Waals surface area (Å²) in [4.78, 5) is 4.58. The summed E-state index contributed by atoms with van der Waals surface area (Å²) in [7, 11) is 0. The Labute approximate surface area is 93.8 Å². The van der Waals surface area contributed by atoms with Gasteiger partial charge in [0.05, 0.1) is 10.7 Å². The van der Waals surface area contributed by atoms with Gasteiger partial charge in [0.1, 0.15) is 0 Å². The first-order valence-corrected chi connectivity index (χ1v) is 5.98. The van der Waals surface area contributed by atoms with E-state index in [1.807, 2.05) is 24.3 Å². The van der Waals surface area contributed by atoms with Crippen LogP contribution in [-0.4, -0.2) is 4.98 Å². The van der Waals surface area contributed by atoms with Crippen LogP contribution in [0.25, 0.3) is 11.3 Å². The van der Waals surface area contributed by atoms with Crippen molar-refractivity contribution in [1.82, 2.24) is 4.98 Å². The first-order valence-electron chi connectivity index (χ1n) is 5.10. The number of benzene rings is 1. The molecule has 1 aromatic heterocycles. The summed E-state index contributed by atoms with van der Waals surface area (Å²) >= 11 is 1.73. The van der Waals surface area contributed by atoms with Crippen LogP contribution < -0.4 is 5.73 Å². The van der Waals surface area contributed by atoms with Gasteiger partial charge in [-0.2, -0.15) is 0 Å². The van der Waals surface area contributed by atoms with Crippen molar-refractivity contribution in [3.8, 4) is 11.3 Å². The topological polar surface area (TPSA) is 38.9 Å². The molecule has 0 bridgehead atoms. The molecule has 0 aliphatic carbocycles. The summed E-state index contributed by atoms with van der Waals surface area (Å²) < 4.78 is 0. The van der Waals surface area contributed by atoms with Gasteiger partial charge in [-0.25, -0.2) is 4.98 Å². The summed E-state index contributed by atoms with van der Waals surface area (Å²) in [5.41, 5.74) is 8.63. The molecule has 0 aliphatic rings. The largest absolute Gasteiger partial charge is 0.399 e. The molecule has 15 heavy (non-hydrogen) atoms. The van der Waals surface area contributed by atoms with Crippen molar-refractivity contribution in [2.75, 3.05) is 5.73 Å². The van der Waals surface area contributed by atoms with Gasteiger partial charge in [0, 0.05) is 16.6 Å². The molecular weight excluding hydrogens is 204 g/mol. The normalized spacial score (nSPS) is 10.5. The fraction of sp³-hybridized carbons (Fsp3) is 0.250. The highest BCUT2D eigenvalue weighted by atomic mass is 32.1. The van der Waals surface area contributed by atoms with Gasteiger partial charge in [0.2, 0.25) is 0 Å². The van der Waals surface area contributed by atoms with E-state index >= 15 is 0 Å². The van der Waals surface area contributed by atoms with E-state index in [1.165, 1.54) is 5.01 Å². The van der Waals surface area contributed by atoms with Gasteiger partial charge in [0.15, 0.2) is 0 Å². The van der Waals surface area contributed by atoms with Crippen molar-refractivity contribution in [2.45, 2.75) is 19.8 Å². The number of aromatic nitrogens is 1. The van der Waals surface area contributed by atoms with Crippen LogP contribution in [0.4, 0.5) is 5.69 Å². The smallest absolute Gasteiger partial charge is 0.0932 e. The van der Waals surface area contributed by atoms with E-state index in [0.29, 0.717) is 0 Å². The van der Waals surface area contributed by atoms with Crippen LogP contribution in [0.5, 0.6) is 0 Å². The van der Waals surface area contributed by atoms with Crippen LogP contribution in [0.2, 0.25) is 0 Å². The first kappa shape index (κ1) is 10.2. The molecule has 0 unspecified atom stereocenters. The lowest BCUT2D eigenvalue weighted by Crippen LogP contribution is -1.85. The summed E-state index contributed by atoms with van der Waals surface area (Å²) in [6, 6.07) is 7.85. The Morgan fingerprint density at radius 1 is 1.27 bits per heavy atom. The Kier molecular flexibility index (Phi) is 3.02. The van der Waals surface area contributed by atoms with Crippen LogP contribution in [0.1, 0.15) is 18.4 Å². The third-order valence-corrected chi connectivity index (χ3v) is 3.13. The highest BCUT2D eigenvalue weighted by molar-refractivity contribution is 7.09. The van der Waals surface area contributed by atoms with Gasteiger partial charge < -0.3 is 5.73 Å². The Morgan fingerprint density at radius 2 is 2.00 bits per heavy atom. The zero-order chi connectivity index (χ0) is 10.7. The minimum atomic E-state index is 0.794.